The molecule has 1 saturated heterocycles. The van der Waals surface area contributed by atoms with Gasteiger partial charge in [-0.05, 0) is 31.7 Å². The van der Waals surface area contributed by atoms with E-state index in [1.807, 2.05) is 0 Å². The number of aromatic amines is 1. The molecule has 31 heteroatoms. The number of carbonyl (C=O) groups is 13. The summed E-state index contributed by atoms with van der Waals surface area (Å²) >= 11 is 0. The van der Waals surface area contributed by atoms with E-state index in [2.05, 4.69) is 31.2 Å². The van der Waals surface area contributed by atoms with Gasteiger partial charge in [-0.15, -0.1) is 0 Å². The summed E-state index contributed by atoms with van der Waals surface area (Å²) in [4.78, 5) is 177. The van der Waals surface area contributed by atoms with Crippen LogP contribution in [-0.4, -0.2) is 248 Å². The van der Waals surface area contributed by atoms with Gasteiger partial charge in [-0.3, -0.25) is 62.8 Å². The molecule has 1 unspecified atom stereocenters. The first-order valence-electron chi connectivity index (χ1n) is 27.4. The van der Waals surface area contributed by atoms with Crippen molar-refractivity contribution in [3.8, 4) is 0 Å². The van der Waals surface area contributed by atoms with Gasteiger partial charge in [0.05, 0.1) is 61.7 Å². The highest BCUT2D eigenvalue weighted by Crippen LogP contribution is 2.19. The van der Waals surface area contributed by atoms with Gasteiger partial charge in [-0.25, -0.2) is 9.78 Å². The van der Waals surface area contributed by atoms with E-state index in [0.717, 1.165) is 0 Å². The Morgan fingerprint density at radius 3 is 1.59 bits per heavy atom. The normalized spacial score (nSPS) is 16.5. The number of H-pyrrole nitrogens is 1. The number of imidazole rings is 1. The maximum absolute atomic E-state index is 13.9. The van der Waals surface area contributed by atoms with Gasteiger partial charge in [0.1, 0.15) is 23.9 Å². The molecule has 2 heterocycles. The summed E-state index contributed by atoms with van der Waals surface area (Å²) in [6, 6.07) is 2.34. The van der Waals surface area contributed by atoms with Crippen molar-refractivity contribution in [3.63, 3.8) is 0 Å². The Morgan fingerprint density at radius 1 is 0.600 bits per heavy atom. The molecule has 2 aromatic rings. The minimum Gasteiger partial charge on any atom is -0.549 e. The number of aliphatic hydroxyl groups is 2. The van der Waals surface area contributed by atoms with Crippen LogP contribution < -0.4 is 36.6 Å². The van der Waals surface area contributed by atoms with Gasteiger partial charge in [0.25, 0.3) is 0 Å². The zero-order chi connectivity index (χ0) is 63.2. The molecule has 0 saturated carbocycles. The zero-order valence-electron chi connectivity index (χ0n) is 47.1. The number of benzene rings is 1. The number of hydrogen-bond donors (Lipinski definition) is 10. The smallest absolute Gasteiger partial charge is 0.328 e. The van der Waals surface area contributed by atoms with Gasteiger partial charge in [-0.2, -0.15) is 0 Å². The van der Waals surface area contributed by atoms with Gasteiger partial charge in [-0.1, -0.05) is 30.3 Å². The standard InChI is InChI=1S/C54H78N10O21/c1-33(43(68)23-36(21-38-26-55-32-57-38)52(81)59-40(30-65)44(69)24-35(20-34-6-3-2-4-7-34)51(80)60-41(31-66)53(82)83)58-50(79)37(25-46(71)72)22-39(67)8-5-11-56-45(70)10-9-42(54(84)85)64-18-16-62(28-48(75)76)14-12-61(27-47(73)74)13-15-63(17-19-64)29-49(77)78/h2-4,6-7,26,32-33,35-37,40-42,65-66H,5,8-25,27-31H2,1H3,(H,55,57)(H,56,70)(H,58,79)(H,59,81)(H,60,80)(H,71,72)(H,73,74)(H,75,76)(H,77,78)(H,82,83)(H,84,85)/p-3/t33-,35+,36+,37-,40-,41-,42?/m0/s1. The Hall–Kier alpha value is -8.10. The van der Waals surface area contributed by atoms with Crippen molar-refractivity contribution < 1.29 is 103 Å². The van der Waals surface area contributed by atoms with Gasteiger partial charge >= 0.3 is 17.9 Å². The second-order valence-electron chi connectivity index (χ2n) is 20.6. The van der Waals surface area contributed by atoms with Crippen LogP contribution in [0, 0.1) is 17.8 Å². The van der Waals surface area contributed by atoms with Crippen LogP contribution in [-0.2, 0) is 75.2 Å². The summed E-state index contributed by atoms with van der Waals surface area (Å²) < 4.78 is 0. The van der Waals surface area contributed by atoms with E-state index in [0.29, 0.717) is 11.3 Å². The minimum atomic E-state index is -1.69. The molecule has 0 radical (unpaired) electrons. The molecule has 470 valence electrons. The molecule has 7 atom stereocenters. The topological polar surface area (TPSA) is 482 Å². The van der Waals surface area contributed by atoms with E-state index in [1.54, 1.807) is 30.3 Å². The first kappa shape index (κ1) is 71.2. The molecule has 10 N–H and O–H groups in total. The number of carbonyl (C=O) groups excluding carboxylic acids is 10. The first-order valence-corrected chi connectivity index (χ1v) is 27.4. The number of amides is 4. The second kappa shape index (κ2) is 37.3. The van der Waals surface area contributed by atoms with Crippen LogP contribution in [0.4, 0.5) is 0 Å². The van der Waals surface area contributed by atoms with Crippen molar-refractivity contribution in [2.24, 2.45) is 17.8 Å². The number of carboxylic acid groups (broad SMARTS) is 6. The third-order valence-corrected chi connectivity index (χ3v) is 14.0. The first-order chi connectivity index (χ1) is 40.3. The molecule has 0 bridgehead atoms. The maximum atomic E-state index is 13.9. The monoisotopic (exact) mass is 1200 g/mol. The minimum absolute atomic E-state index is 0.00224. The van der Waals surface area contributed by atoms with Crippen LogP contribution in [0.3, 0.4) is 0 Å². The van der Waals surface area contributed by atoms with E-state index in [9.17, 15) is 103 Å². The number of hydrogen-bond acceptors (Lipinski definition) is 23. The van der Waals surface area contributed by atoms with Crippen LogP contribution in [0.25, 0.3) is 0 Å². The Labute approximate surface area is 488 Å². The lowest BCUT2D eigenvalue weighted by Crippen LogP contribution is -2.53. The lowest BCUT2D eigenvalue weighted by atomic mass is 9.90. The van der Waals surface area contributed by atoms with Gasteiger partial charge in [0, 0.05) is 135 Å². The molecule has 1 aromatic carbocycles. The lowest BCUT2D eigenvalue weighted by Gasteiger charge is -2.36. The van der Waals surface area contributed by atoms with Gasteiger partial charge in [0.2, 0.25) is 23.6 Å². The van der Waals surface area contributed by atoms with E-state index >= 15 is 0 Å². The van der Waals surface area contributed by atoms with Crippen molar-refractivity contribution in [2.45, 2.75) is 95.3 Å². The summed E-state index contributed by atoms with van der Waals surface area (Å²) in [5.41, 5.74) is 0.949. The third kappa shape index (κ3) is 27.4. The quantitative estimate of drug-likeness (QED) is 0.0279. The SMILES string of the molecule is C[C@H](NC(=O)[C@H](CC(=O)O)CC(=O)CCCNC(=O)CCC(C(=O)O)N1CCN(CC(=O)[O-])CCN(CC(=O)[O-])CCN(CC(=O)[O-])CC1)C(=O)C[C@@H](Cc1cnc[nH]1)C(=O)N[C@@H](CO)C(=O)C[C@@H](Cc1ccccc1)C(=O)N[C@@H](CO)C(=O)O. The summed E-state index contributed by atoms with van der Waals surface area (Å²) in [5.74, 6) is -18.2. The Kier molecular flexibility index (Phi) is 31.2. The van der Waals surface area contributed by atoms with Crippen LogP contribution in [0.5, 0.6) is 0 Å². The van der Waals surface area contributed by atoms with Crippen LogP contribution in [0.1, 0.15) is 69.5 Å². The Bertz CT molecular complexity index is 2560. The van der Waals surface area contributed by atoms with E-state index in [4.69, 9.17) is 0 Å². The zero-order valence-corrected chi connectivity index (χ0v) is 47.1. The van der Waals surface area contributed by atoms with Crippen molar-refractivity contribution >= 4 is 76.8 Å². The number of aliphatic hydroxyl groups excluding tert-OH is 2. The highest BCUT2D eigenvalue weighted by molar-refractivity contribution is 5.97. The number of aromatic nitrogens is 2. The summed E-state index contributed by atoms with van der Waals surface area (Å²) in [6.07, 6.45) is -1.08. The molecular weight excluding hydrogens is 1120 g/mol. The lowest BCUT2D eigenvalue weighted by molar-refractivity contribution is -0.308. The molecule has 0 spiro atoms. The molecule has 1 fully saturated rings. The van der Waals surface area contributed by atoms with Gasteiger partial charge < -0.3 is 81.5 Å². The number of carboxylic acids is 6. The molecule has 1 aromatic heterocycles. The number of Topliss-reactive ketones (excluding diaryl/α,β-unsaturated/α-hetero) is 3. The molecular formula is C54H75N10O21-3. The van der Waals surface area contributed by atoms with E-state index < -0.39 is 177 Å². The number of rotatable bonds is 38. The molecule has 1 aliphatic rings. The van der Waals surface area contributed by atoms with E-state index in [1.165, 1.54) is 39.0 Å². The highest BCUT2D eigenvalue weighted by Gasteiger charge is 2.35. The van der Waals surface area contributed by atoms with Crippen molar-refractivity contribution in [1.82, 2.24) is 50.8 Å². The molecule has 85 heavy (non-hydrogen) atoms. The Balaban J connectivity index is 1.61. The van der Waals surface area contributed by atoms with Gasteiger partial charge in [0.15, 0.2) is 11.6 Å². The average Bonchev–Trinajstić information content (AvgIpc) is 4.17. The summed E-state index contributed by atoms with van der Waals surface area (Å²) in [5, 5.41) is 93.1. The highest BCUT2D eigenvalue weighted by atomic mass is 16.4. The maximum Gasteiger partial charge on any atom is 0.328 e. The fraction of sp³-hybridized carbons (Fsp3) is 0.593. The average molecular weight is 1200 g/mol. The number of aliphatic carboxylic acids is 6. The second-order valence-corrected chi connectivity index (χ2v) is 20.6. The van der Waals surface area contributed by atoms with Crippen molar-refractivity contribution in [2.75, 3.05) is 91.8 Å². The number of nitrogens with one attached hydrogen (secondary N) is 5. The third-order valence-electron chi connectivity index (χ3n) is 14.0. The molecule has 4 amide bonds. The van der Waals surface area contributed by atoms with Crippen molar-refractivity contribution in [1.29, 1.82) is 0 Å². The van der Waals surface area contributed by atoms with E-state index in [-0.39, 0.29) is 97.4 Å². The molecule has 1 aliphatic heterocycles. The van der Waals surface area contributed by atoms with Crippen LogP contribution >= 0.6 is 0 Å². The van der Waals surface area contributed by atoms with Crippen LogP contribution in [0.2, 0.25) is 0 Å². The number of ketones is 3. The Morgan fingerprint density at radius 2 is 1.11 bits per heavy atom. The fourth-order valence-corrected chi connectivity index (χ4v) is 9.35. The summed E-state index contributed by atoms with van der Waals surface area (Å²) in [7, 11) is 0. The molecule has 3 rings (SSSR count). The van der Waals surface area contributed by atoms with Crippen molar-refractivity contribution in [3.05, 3.63) is 54.1 Å². The molecule has 31 nitrogen and oxygen atoms in total. The number of nitrogens with zero attached hydrogens (tertiary/aromatic N) is 5. The van der Waals surface area contributed by atoms with Crippen LogP contribution in [0.15, 0.2) is 42.9 Å². The predicted molar refractivity (Wildman–Crippen MR) is 286 cm³/mol. The largest absolute Gasteiger partial charge is 0.549 e. The molecule has 0 aliphatic carbocycles. The fourth-order valence-electron chi connectivity index (χ4n) is 9.35. The predicted octanol–water partition coefficient (Wildman–Crippen LogP) is -7.46. The summed E-state index contributed by atoms with van der Waals surface area (Å²) in [6.45, 7) is -2.47.